The van der Waals surface area contributed by atoms with Crippen LogP contribution in [0.15, 0.2) is 36.4 Å². The normalized spacial score (nSPS) is 14.2. The van der Waals surface area contributed by atoms with Crippen molar-refractivity contribution < 1.29 is 0 Å². The molecule has 0 aliphatic heterocycles. The van der Waals surface area contributed by atoms with Gasteiger partial charge < -0.3 is 0 Å². The van der Waals surface area contributed by atoms with Gasteiger partial charge in [0.15, 0.2) is 0 Å². The number of thiophene rings is 1. The van der Waals surface area contributed by atoms with E-state index in [0.717, 1.165) is 0 Å². The molecular formula is C19H25BrS. The maximum atomic E-state index is 3.86. The van der Waals surface area contributed by atoms with Crippen LogP contribution in [-0.2, 0) is 10.8 Å². The summed E-state index contributed by atoms with van der Waals surface area (Å²) in [6.45, 7) is 13.6. The number of alkyl halides is 1. The fourth-order valence-electron chi connectivity index (χ4n) is 2.21. The molecule has 2 aromatic rings. The first-order valence-corrected chi connectivity index (χ1v) is 9.17. The van der Waals surface area contributed by atoms with E-state index < -0.39 is 0 Å². The van der Waals surface area contributed by atoms with Crippen molar-refractivity contribution in [2.24, 2.45) is 0 Å². The van der Waals surface area contributed by atoms with E-state index in [2.05, 4.69) is 93.9 Å². The van der Waals surface area contributed by atoms with Crippen molar-refractivity contribution in [3.05, 3.63) is 57.3 Å². The molecule has 114 valence electrons. The third kappa shape index (κ3) is 3.98. The summed E-state index contributed by atoms with van der Waals surface area (Å²) in [6, 6.07) is 13.5. The number of benzene rings is 1. The number of rotatable bonds is 2. The zero-order chi connectivity index (χ0) is 15.8. The van der Waals surface area contributed by atoms with Crippen molar-refractivity contribution in [2.75, 3.05) is 0 Å². The van der Waals surface area contributed by atoms with Gasteiger partial charge in [-0.15, -0.1) is 11.3 Å². The van der Waals surface area contributed by atoms with Crippen LogP contribution < -0.4 is 0 Å². The molecule has 0 spiro atoms. The van der Waals surface area contributed by atoms with Gasteiger partial charge in [-0.1, -0.05) is 81.7 Å². The first-order valence-electron chi connectivity index (χ1n) is 7.44. The van der Waals surface area contributed by atoms with Gasteiger partial charge >= 0.3 is 0 Å². The van der Waals surface area contributed by atoms with E-state index in [-0.39, 0.29) is 15.7 Å². The molecule has 2 rings (SSSR count). The summed E-state index contributed by atoms with van der Waals surface area (Å²) in [5, 5.41) is 0. The second-order valence-corrected chi connectivity index (χ2v) is 9.72. The SMILES string of the molecule is CC(C)(C)c1ccc(C(Br)c2ccc(C(C)(C)C)s2)cc1. The van der Waals surface area contributed by atoms with E-state index in [1.807, 2.05) is 11.3 Å². The summed E-state index contributed by atoms with van der Waals surface area (Å²) in [5.74, 6) is 0. The minimum atomic E-state index is 0.211. The maximum absolute atomic E-state index is 3.86. The fraction of sp³-hybridized carbons (Fsp3) is 0.474. The smallest absolute Gasteiger partial charge is 0.0738 e. The average molecular weight is 365 g/mol. The third-order valence-electron chi connectivity index (χ3n) is 3.69. The van der Waals surface area contributed by atoms with Crippen LogP contribution in [-0.4, -0.2) is 0 Å². The quantitative estimate of drug-likeness (QED) is 0.512. The van der Waals surface area contributed by atoms with E-state index in [0.29, 0.717) is 0 Å². The van der Waals surface area contributed by atoms with Crippen LogP contribution in [0.5, 0.6) is 0 Å². The zero-order valence-corrected chi connectivity index (χ0v) is 16.2. The Bertz CT molecular complexity index is 594. The lowest BCUT2D eigenvalue weighted by Gasteiger charge is -2.20. The molecule has 1 aromatic carbocycles. The predicted octanol–water partition coefficient (Wildman–Crippen LogP) is 6.83. The summed E-state index contributed by atoms with van der Waals surface area (Å²) in [5.41, 5.74) is 3.15. The van der Waals surface area contributed by atoms with E-state index >= 15 is 0 Å². The molecule has 1 unspecified atom stereocenters. The van der Waals surface area contributed by atoms with E-state index in [4.69, 9.17) is 0 Å². The predicted molar refractivity (Wildman–Crippen MR) is 98.9 cm³/mol. The highest BCUT2D eigenvalue weighted by Gasteiger charge is 2.20. The van der Waals surface area contributed by atoms with Gasteiger partial charge in [0.1, 0.15) is 0 Å². The Balaban J connectivity index is 2.24. The van der Waals surface area contributed by atoms with Crippen molar-refractivity contribution >= 4 is 27.3 Å². The minimum absolute atomic E-state index is 0.211. The first-order chi connectivity index (χ1) is 9.59. The van der Waals surface area contributed by atoms with Crippen LogP contribution in [0.2, 0.25) is 0 Å². The van der Waals surface area contributed by atoms with E-state index in [9.17, 15) is 0 Å². The van der Waals surface area contributed by atoms with E-state index in [1.54, 1.807) is 0 Å². The Labute approximate surface area is 141 Å². The summed E-state index contributed by atoms with van der Waals surface area (Å²) < 4.78 is 0. The van der Waals surface area contributed by atoms with Crippen molar-refractivity contribution in [1.82, 2.24) is 0 Å². The highest BCUT2D eigenvalue weighted by molar-refractivity contribution is 9.09. The fourth-order valence-corrected chi connectivity index (χ4v) is 4.02. The molecule has 1 aromatic heterocycles. The second kappa shape index (κ2) is 5.89. The third-order valence-corrected chi connectivity index (χ3v) is 6.59. The molecule has 2 heteroatoms. The summed E-state index contributed by atoms with van der Waals surface area (Å²) >= 11 is 5.77. The summed E-state index contributed by atoms with van der Waals surface area (Å²) in [6.07, 6.45) is 0. The highest BCUT2D eigenvalue weighted by atomic mass is 79.9. The van der Waals surface area contributed by atoms with Crippen molar-refractivity contribution in [3.8, 4) is 0 Å². The number of hydrogen-bond acceptors (Lipinski definition) is 1. The Morgan fingerprint density at radius 3 is 1.81 bits per heavy atom. The summed E-state index contributed by atoms with van der Waals surface area (Å²) in [4.78, 5) is 3.10. The number of halogens is 1. The largest absolute Gasteiger partial charge is 0.143 e. The molecule has 0 bridgehead atoms. The first kappa shape index (κ1) is 16.8. The van der Waals surface area contributed by atoms with Crippen molar-refractivity contribution in [2.45, 2.75) is 57.2 Å². The van der Waals surface area contributed by atoms with Gasteiger partial charge in [-0.2, -0.15) is 0 Å². The monoisotopic (exact) mass is 364 g/mol. The Morgan fingerprint density at radius 2 is 1.38 bits per heavy atom. The lowest BCUT2D eigenvalue weighted by molar-refractivity contribution is 0.590. The molecule has 0 nitrogen and oxygen atoms in total. The maximum Gasteiger partial charge on any atom is 0.0738 e. The van der Waals surface area contributed by atoms with Crippen molar-refractivity contribution in [1.29, 1.82) is 0 Å². The molecular weight excluding hydrogens is 340 g/mol. The van der Waals surface area contributed by atoms with Gasteiger partial charge in [0.05, 0.1) is 4.83 Å². The molecule has 1 atom stereocenters. The van der Waals surface area contributed by atoms with Gasteiger partial charge in [-0.3, -0.25) is 0 Å². The molecule has 0 aliphatic carbocycles. The molecule has 0 fully saturated rings. The van der Waals surface area contributed by atoms with Crippen LogP contribution in [0.3, 0.4) is 0 Å². The molecule has 0 N–H and O–H groups in total. The molecule has 21 heavy (non-hydrogen) atoms. The lowest BCUT2D eigenvalue weighted by Crippen LogP contribution is -2.10. The Kier molecular flexibility index (Phi) is 4.70. The van der Waals surface area contributed by atoms with Gasteiger partial charge in [-0.25, -0.2) is 0 Å². The minimum Gasteiger partial charge on any atom is -0.143 e. The molecule has 0 amide bonds. The summed E-state index contributed by atoms with van der Waals surface area (Å²) in [7, 11) is 0. The van der Waals surface area contributed by atoms with E-state index in [1.165, 1.54) is 20.9 Å². The van der Waals surface area contributed by atoms with Crippen molar-refractivity contribution in [3.63, 3.8) is 0 Å². The zero-order valence-electron chi connectivity index (χ0n) is 13.8. The van der Waals surface area contributed by atoms with Gasteiger partial charge in [0, 0.05) is 9.75 Å². The van der Waals surface area contributed by atoms with Gasteiger partial charge in [0.2, 0.25) is 0 Å². The Hall–Kier alpha value is -0.600. The lowest BCUT2D eigenvalue weighted by atomic mass is 9.86. The number of hydrogen-bond donors (Lipinski definition) is 0. The Morgan fingerprint density at radius 1 is 0.810 bits per heavy atom. The molecule has 0 saturated carbocycles. The van der Waals surface area contributed by atoms with Gasteiger partial charge in [0.25, 0.3) is 0 Å². The van der Waals surface area contributed by atoms with Crippen LogP contribution >= 0.6 is 27.3 Å². The highest BCUT2D eigenvalue weighted by Crippen LogP contribution is 2.39. The molecule has 0 saturated heterocycles. The molecule has 0 aliphatic rings. The standard InChI is InChI=1S/C19H25BrS/c1-18(2,3)14-9-7-13(8-10-14)17(20)15-11-12-16(21-15)19(4,5)6/h7-12,17H,1-6H3. The molecule has 1 heterocycles. The van der Waals surface area contributed by atoms with Crippen LogP contribution in [0, 0.1) is 0 Å². The average Bonchev–Trinajstić information content (AvgIpc) is 2.86. The second-order valence-electron chi connectivity index (χ2n) is 7.69. The van der Waals surface area contributed by atoms with Crippen LogP contribution in [0.25, 0.3) is 0 Å². The van der Waals surface area contributed by atoms with Gasteiger partial charge in [-0.05, 0) is 34.1 Å². The van der Waals surface area contributed by atoms with Crippen LogP contribution in [0.4, 0.5) is 0 Å². The topological polar surface area (TPSA) is 0 Å². The van der Waals surface area contributed by atoms with Crippen LogP contribution in [0.1, 0.15) is 67.3 Å². The molecule has 0 radical (unpaired) electrons.